The van der Waals surface area contributed by atoms with Crippen LogP contribution in [0.15, 0.2) is 42.6 Å². The normalized spacial score (nSPS) is 13.2. The SMILES string of the molecule is O=C(COc1ccnc2c1CCCC2)NCCCc1ccccc1. The van der Waals surface area contributed by atoms with Crippen molar-refractivity contribution in [2.75, 3.05) is 13.2 Å². The summed E-state index contributed by atoms with van der Waals surface area (Å²) in [5.41, 5.74) is 3.61. The van der Waals surface area contributed by atoms with Crippen molar-refractivity contribution in [1.82, 2.24) is 10.3 Å². The lowest BCUT2D eigenvalue weighted by atomic mass is 9.95. The number of nitrogens with zero attached hydrogens (tertiary/aromatic N) is 1. The van der Waals surface area contributed by atoms with Gasteiger partial charge in [-0.2, -0.15) is 0 Å². The van der Waals surface area contributed by atoms with Crippen LogP contribution in [0, 0.1) is 0 Å². The Bertz CT molecular complexity index is 671. The molecular formula is C20H24N2O2. The zero-order valence-corrected chi connectivity index (χ0v) is 14.0. The van der Waals surface area contributed by atoms with Gasteiger partial charge >= 0.3 is 0 Å². The minimum Gasteiger partial charge on any atom is -0.483 e. The number of hydrogen-bond acceptors (Lipinski definition) is 3. The van der Waals surface area contributed by atoms with E-state index in [4.69, 9.17) is 4.74 Å². The van der Waals surface area contributed by atoms with E-state index >= 15 is 0 Å². The van der Waals surface area contributed by atoms with Crippen LogP contribution in [0.5, 0.6) is 5.75 Å². The summed E-state index contributed by atoms with van der Waals surface area (Å²) in [4.78, 5) is 16.4. The van der Waals surface area contributed by atoms with E-state index in [0.29, 0.717) is 6.54 Å². The van der Waals surface area contributed by atoms with Gasteiger partial charge in [-0.3, -0.25) is 9.78 Å². The molecule has 24 heavy (non-hydrogen) atoms. The minimum absolute atomic E-state index is 0.0653. The summed E-state index contributed by atoms with van der Waals surface area (Å²) < 4.78 is 5.73. The number of ether oxygens (including phenoxy) is 1. The second-order valence-corrected chi connectivity index (χ2v) is 6.17. The molecule has 1 aromatic heterocycles. The fourth-order valence-electron chi connectivity index (χ4n) is 3.09. The number of amides is 1. The van der Waals surface area contributed by atoms with E-state index in [0.717, 1.165) is 37.1 Å². The lowest BCUT2D eigenvalue weighted by molar-refractivity contribution is -0.123. The van der Waals surface area contributed by atoms with Crippen LogP contribution in [0.3, 0.4) is 0 Å². The maximum Gasteiger partial charge on any atom is 0.257 e. The van der Waals surface area contributed by atoms with Gasteiger partial charge in [-0.05, 0) is 50.2 Å². The molecule has 0 saturated heterocycles. The van der Waals surface area contributed by atoms with Crippen molar-refractivity contribution in [3.8, 4) is 5.75 Å². The Morgan fingerprint density at radius 1 is 1.12 bits per heavy atom. The first-order valence-corrected chi connectivity index (χ1v) is 8.73. The predicted molar refractivity (Wildman–Crippen MR) is 94.1 cm³/mol. The van der Waals surface area contributed by atoms with E-state index in [9.17, 15) is 4.79 Å². The largest absolute Gasteiger partial charge is 0.483 e. The van der Waals surface area contributed by atoms with Crippen molar-refractivity contribution >= 4 is 5.91 Å². The first kappa shape index (κ1) is 16.5. The molecule has 4 nitrogen and oxygen atoms in total. The third-order valence-corrected chi connectivity index (χ3v) is 4.36. The van der Waals surface area contributed by atoms with Crippen molar-refractivity contribution in [2.24, 2.45) is 0 Å². The highest BCUT2D eigenvalue weighted by atomic mass is 16.5. The molecule has 4 heteroatoms. The number of rotatable bonds is 7. The van der Waals surface area contributed by atoms with E-state index in [2.05, 4.69) is 22.4 Å². The number of hydrogen-bond donors (Lipinski definition) is 1. The van der Waals surface area contributed by atoms with Crippen LogP contribution in [0.2, 0.25) is 0 Å². The summed E-state index contributed by atoms with van der Waals surface area (Å²) >= 11 is 0. The molecule has 3 rings (SSSR count). The number of aryl methyl sites for hydroxylation is 2. The quantitative estimate of drug-likeness (QED) is 0.796. The number of carbonyl (C=O) groups is 1. The Balaban J connectivity index is 1.40. The maximum absolute atomic E-state index is 11.9. The Morgan fingerprint density at radius 2 is 1.96 bits per heavy atom. The third kappa shape index (κ3) is 4.57. The number of nitrogens with one attached hydrogen (secondary N) is 1. The molecule has 0 fully saturated rings. The number of pyridine rings is 1. The van der Waals surface area contributed by atoms with Crippen molar-refractivity contribution < 1.29 is 9.53 Å². The number of carbonyl (C=O) groups excluding carboxylic acids is 1. The molecule has 0 unspecified atom stereocenters. The molecule has 126 valence electrons. The fraction of sp³-hybridized carbons (Fsp3) is 0.400. The highest BCUT2D eigenvalue weighted by molar-refractivity contribution is 5.77. The smallest absolute Gasteiger partial charge is 0.257 e. The summed E-state index contributed by atoms with van der Waals surface area (Å²) in [5, 5.41) is 2.92. The van der Waals surface area contributed by atoms with E-state index in [1.54, 1.807) is 6.20 Å². The number of benzene rings is 1. The van der Waals surface area contributed by atoms with E-state index < -0.39 is 0 Å². The van der Waals surface area contributed by atoms with Crippen LogP contribution in [0.25, 0.3) is 0 Å². The Labute approximate surface area is 143 Å². The Morgan fingerprint density at radius 3 is 2.83 bits per heavy atom. The molecular weight excluding hydrogens is 300 g/mol. The van der Waals surface area contributed by atoms with Crippen LogP contribution in [0.4, 0.5) is 0 Å². The monoisotopic (exact) mass is 324 g/mol. The molecule has 1 amide bonds. The highest BCUT2D eigenvalue weighted by Crippen LogP contribution is 2.27. The standard InChI is InChI=1S/C20H24N2O2/c23-20(22-13-6-9-16-7-2-1-3-8-16)15-24-19-12-14-21-18-11-5-4-10-17(18)19/h1-3,7-8,12,14H,4-6,9-11,13,15H2,(H,22,23). The molecule has 1 N–H and O–H groups in total. The molecule has 0 spiro atoms. The molecule has 0 saturated carbocycles. The Kier molecular flexibility index (Phi) is 5.83. The van der Waals surface area contributed by atoms with Gasteiger partial charge in [0.05, 0.1) is 0 Å². The molecule has 1 aliphatic rings. The minimum atomic E-state index is -0.0653. The second kappa shape index (κ2) is 8.48. The molecule has 0 bridgehead atoms. The Hall–Kier alpha value is -2.36. The summed E-state index contributed by atoms with van der Waals surface area (Å²) in [6.07, 6.45) is 8.04. The van der Waals surface area contributed by atoms with Crippen molar-refractivity contribution in [3.63, 3.8) is 0 Å². The van der Waals surface area contributed by atoms with Gasteiger partial charge in [0.25, 0.3) is 5.91 Å². The van der Waals surface area contributed by atoms with Crippen LogP contribution in [-0.2, 0) is 24.1 Å². The van der Waals surface area contributed by atoms with Crippen molar-refractivity contribution in [1.29, 1.82) is 0 Å². The first-order valence-electron chi connectivity index (χ1n) is 8.73. The summed E-state index contributed by atoms with van der Waals surface area (Å²) in [6.45, 7) is 0.743. The van der Waals surface area contributed by atoms with Crippen LogP contribution >= 0.6 is 0 Å². The lowest BCUT2D eigenvalue weighted by Crippen LogP contribution is -2.30. The van der Waals surface area contributed by atoms with Crippen LogP contribution in [0.1, 0.15) is 36.1 Å². The number of aromatic nitrogens is 1. The average Bonchev–Trinajstić information content (AvgIpc) is 2.64. The van der Waals surface area contributed by atoms with Gasteiger partial charge in [-0.1, -0.05) is 30.3 Å². The lowest BCUT2D eigenvalue weighted by Gasteiger charge is -2.18. The van der Waals surface area contributed by atoms with Crippen LogP contribution < -0.4 is 10.1 Å². The molecule has 0 atom stereocenters. The van der Waals surface area contributed by atoms with Gasteiger partial charge in [0.15, 0.2) is 6.61 Å². The summed E-state index contributed by atoms with van der Waals surface area (Å²) in [6, 6.07) is 12.2. The zero-order valence-electron chi connectivity index (χ0n) is 14.0. The first-order chi connectivity index (χ1) is 11.8. The van der Waals surface area contributed by atoms with E-state index in [1.807, 2.05) is 24.3 Å². The maximum atomic E-state index is 11.9. The van der Waals surface area contributed by atoms with Gasteiger partial charge in [-0.25, -0.2) is 0 Å². The van der Waals surface area contributed by atoms with Gasteiger partial charge < -0.3 is 10.1 Å². The second-order valence-electron chi connectivity index (χ2n) is 6.17. The number of fused-ring (bicyclic) bond motifs is 1. The van der Waals surface area contributed by atoms with Gasteiger partial charge in [0.2, 0.25) is 0 Å². The van der Waals surface area contributed by atoms with Crippen LogP contribution in [-0.4, -0.2) is 24.0 Å². The summed E-state index contributed by atoms with van der Waals surface area (Å²) in [7, 11) is 0. The molecule has 2 aromatic rings. The molecule has 1 aliphatic carbocycles. The summed E-state index contributed by atoms with van der Waals surface area (Å²) in [5.74, 6) is 0.753. The molecule has 0 radical (unpaired) electrons. The van der Waals surface area contributed by atoms with E-state index in [1.165, 1.54) is 24.0 Å². The van der Waals surface area contributed by atoms with Crippen molar-refractivity contribution in [2.45, 2.75) is 38.5 Å². The molecule has 1 aromatic carbocycles. The third-order valence-electron chi connectivity index (χ3n) is 4.36. The highest BCUT2D eigenvalue weighted by Gasteiger charge is 2.15. The van der Waals surface area contributed by atoms with Gasteiger partial charge in [0, 0.05) is 24.0 Å². The van der Waals surface area contributed by atoms with Gasteiger partial charge in [-0.15, -0.1) is 0 Å². The topological polar surface area (TPSA) is 51.2 Å². The zero-order chi connectivity index (χ0) is 16.6. The molecule has 1 heterocycles. The van der Waals surface area contributed by atoms with Crippen molar-refractivity contribution in [3.05, 3.63) is 59.4 Å². The average molecular weight is 324 g/mol. The predicted octanol–water partition coefficient (Wildman–Crippen LogP) is 3.09. The molecule has 0 aliphatic heterocycles. The van der Waals surface area contributed by atoms with Gasteiger partial charge in [0.1, 0.15) is 5.75 Å². The van der Waals surface area contributed by atoms with E-state index in [-0.39, 0.29) is 12.5 Å². The fourth-order valence-corrected chi connectivity index (χ4v) is 3.09.